The predicted octanol–water partition coefficient (Wildman–Crippen LogP) is 1.71. The lowest BCUT2D eigenvalue weighted by Gasteiger charge is -2.28. The molecule has 1 aliphatic heterocycles. The van der Waals surface area contributed by atoms with Crippen molar-refractivity contribution in [1.29, 1.82) is 0 Å². The van der Waals surface area contributed by atoms with Crippen molar-refractivity contribution in [3.63, 3.8) is 0 Å². The number of hydrogen-bond donors (Lipinski definition) is 1. The molecule has 1 aliphatic rings. The zero-order valence-corrected chi connectivity index (χ0v) is 11.6. The Kier molecular flexibility index (Phi) is 5.20. The van der Waals surface area contributed by atoms with Crippen molar-refractivity contribution >= 4 is 0 Å². The first-order valence-corrected chi connectivity index (χ1v) is 7.04. The maximum absolute atomic E-state index is 5.58. The van der Waals surface area contributed by atoms with Crippen LogP contribution in [0.1, 0.15) is 30.8 Å². The van der Waals surface area contributed by atoms with Gasteiger partial charge in [-0.05, 0) is 58.8 Å². The van der Waals surface area contributed by atoms with Gasteiger partial charge in [-0.1, -0.05) is 0 Å². The molecule has 2 heterocycles. The Bertz CT molecular complexity index is 351. The van der Waals surface area contributed by atoms with Gasteiger partial charge in [0.15, 0.2) is 5.89 Å². The summed E-state index contributed by atoms with van der Waals surface area (Å²) in [5.41, 5.74) is 1.10. The average Bonchev–Trinajstić information content (AvgIpc) is 2.77. The third-order valence-electron chi connectivity index (χ3n) is 3.64. The first-order valence-electron chi connectivity index (χ1n) is 7.04. The summed E-state index contributed by atoms with van der Waals surface area (Å²) in [4.78, 5) is 7.00. The molecule has 0 aromatic carbocycles. The number of nitrogens with one attached hydrogen (secondary N) is 1. The Morgan fingerprint density at radius 3 is 3.22 bits per heavy atom. The smallest absolute Gasteiger partial charge is 0.194 e. The number of aryl methyl sites for hydroxylation is 1. The molecule has 0 spiro atoms. The molecule has 4 heteroatoms. The molecule has 4 nitrogen and oxygen atoms in total. The molecule has 0 saturated carbocycles. The molecule has 1 fully saturated rings. The highest BCUT2D eigenvalue weighted by molar-refractivity contribution is 4.98. The zero-order chi connectivity index (χ0) is 12.8. The second kappa shape index (κ2) is 6.90. The fourth-order valence-corrected chi connectivity index (χ4v) is 2.69. The summed E-state index contributed by atoms with van der Waals surface area (Å²) in [5, 5.41) is 3.15. The molecular weight excluding hydrogens is 226 g/mol. The van der Waals surface area contributed by atoms with Gasteiger partial charge in [0.05, 0.1) is 5.69 Å². The molecule has 102 valence electrons. The number of aromatic nitrogens is 1. The normalized spacial score (nSPS) is 21.3. The molecule has 1 atom stereocenters. The van der Waals surface area contributed by atoms with E-state index in [0.29, 0.717) is 5.92 Å². The van der Waals surface area contributed by atoms with Crippen molar-refractivity contribution < 1.29 is 4.42 Å². The van der Waals surface area contributed by atoms with E-state index in [1.54, 1.807) is 0 Å². The van der Waals surface area contributed by atoms with Crippen LogP contribution in [0.2, 0.25) is 0 Å². The third-order valence-corrected chi connectivity index (χ3v) is 3.64. The van der Waals surface area contributed by atoms with Gasteiger partial charge < -0.3 is 14.6 Å². The molecule has 0 radical (unpaired) electrons. The monoisotopic (exact) mass is 251 g/mol. The Labute approximate surface area is 110 Å². The van der Waals surface area contributed by atoms with Gasteiger partial charge in [-0.3, -0.25) is 0 Å². The Balaban J connectivity index is 1.78. The molecule has 0 aliphatic carbocycles. The Morgan fingerprint density at radius 2 is 2.44 bits per heavy atom. The summed E-state index contributed by atoms with van der Waals surface area (Å²) in [6, 6.07) is 0. The van der Waals surface area contributed by atoms with Crippen molar-refractivity contribution in [3.05, 3.63) is 17.8 Å². The number of hydrogen-bond acceptors (Lipinski definition) is 4. The first-order chi connectivity index (χ1) is 8.78. The minimum Gasteiger partial charge on any atom is -0.449 e. The van der Waals surface area contributed by atoms with E-state index in [-0.39, 0.29) is 0 Å². The highest BCUT2D eigenvalue weighted by Crippen LogP contribution is 2.19. The van der Waals surface area contributed by atoms with Gasteiger partial charge in [0.1, 0.15) is 6.26 Å². The molecule has 0 amide bonds. The van der Waals surface area contributed by atoms with E-state index in [9.17, 15) is 0 Å². The molecule has 18 heavy (non-hydrogen) atoms. The van der Waals surface area contributed by atoms with E-state index < -0.39 is 0 Å². The predicted molar refractivity (Wildman–Crippen MR) is 72.7 cm³/mol. The van der Waals surface area contributed by atoms with Gasteiger partial charge >= 0.3 is 0 Å². The second-order valence-electron chi connectivity index (χ2n) is 5.41. The summed E-state index contributed by atoms with van der Waals surface area (Å²) in [5.74, 6) is 1.64. The maximum atomic E-state index is 5.58. The molecule has 2 rings (SSSR count). The van der Waals surface area contributed by atoms with Crippen LogP contribution in [-0.2, 0) is 12.8 Å². The quantitative estimate of drug-likeness (QED) is 0.782. The first kappa shape index (κ1) is 13.6. The van der Waals surface area contributed by atoms with Crippen LogP contribution in [0.4, 0.5) is 0 Å². The van der Waals surface area contributed by atoms with Gasteiger partial charge in [-0.25, -0.2) is 4.98 Å². The van der Waals surface area contributed by atoms with Crippen molar-refractivity contribution in [1.82, 2.24) is 15.2 Å². The lowest BCUT2D eigenvalue weighted by Crippen LogP contribution is -2.33. The number of rotatable bonds is 6. The minimum atomic E-state index is 0.715. The van der Waals surface area contributed by atoms with Crippen molar-refractivity contribution in [2.45, 2.75) is 32.1 Å². The standard InChI is InChI=1S/C14H25N3O/c1-15-7-3-6-13-11-18-14(16-13)9-12-5-4-8-17(2)10-12/h11-12,15H,3-10H2,1-2H3. The van der Waals surface area contributed by atoms with E-state index in [2.05, 4.69) is 22.2 Å². The third kappa shape index (κ3) is 4.10. The zero-order valence-electron chi connectivity index (χ0n) is 11.6. The molecular formula is C14H25N3O. The fraction of sp³-hybridized carbons (Fsp3) is 0.786. The highest BCUT2D eigenvalue weighted by atomic mass is 16.3. The van der Waals surface area contributed by atoms with Crippen LogP contribution in [0.15, 0.2) is 10.7 Å². The molecule has 1 saturated heterocycles. The lowest BCUT2D eigenvalue weighted by atomic mass is 9.95. The summed E-state index contributed by atoms with van der Waals surface area (Å²) < 4.78 is 5.58. The van der Waals surface area contributed by atoms with Crippen molar-refractivity contribution in [2.75, 3.05) is 33.7 Å². The molecule has 1 aromatic heterocycles. The van der Waals surface area contributed by atoms with E-state index in [1.165, 1.54) is 25.9 Å². The molecule has 1 N–H and O–H groups in total. The highest BCUT2D eigenvalue weighted by Gasteiger charge is 2.19. The Morgan fingerprint density at radius 1 is 1.56 bits per heavy atom. The van der Waals surface area contributed by atoms with Crippen molar-refractivity contribution in [3.8, 4) is 0 Å². The average molecular weight is 251 g/mol. The van der Waals surface area contributed by atoms with Crippen LogP contribution >= 0.6 is 0 Å². The molecule has 1 unspecified atom stereocenters. The fourth-order valence-electron chi connectivity index (χ4n) is 2.69. The van der Waals surface area contributed by atoms with Crippen LogP contribution < -0.4 is 5.32 Å². The summed E-state index contributed by atoms with van der Waals surface area (Å²) in [6.45, 7) is 3.45. The second-order valence-corrected chi connectivity index (χ2v) is 5.41. The van der Waals surface area contributed by atoms with Gasteiger partial charge in [-0.2, -0.15) is 0 Å². The van der Waals surface area contributed by atoms with E-state index in [1.807, 2.05) is 13.3 Å². The van der Waals surface area contributed by atoms with Gasteiger partial charge in [0, 0.05) is 13.0 Å². The van der Waals surface area contributed by atoms with Gasteiger partial charge in [-0.15, -0.1) is 0 Å². The maximum Gasteiger partial charge on any atom is 0.194 e. The van der Waals surface area contributed by atoms with Gasteiger partial charge in [0.25, 0.3) is 0 Å². The van der Waals surface area contributed by atoms with Crippen LogP contribution in [0.3, 0.4) is 0 Å². The summed E-state index contributed by atoms with van der Waals surface area (Å²) in [6.07, 6.45) is 7.57. The van der Waals surface area contributed by atoms with Crippen LogP contribution in [0.25, 0.3) is 0 Å². The van der Waals surface area contributed by atoms with Crippen molar-refractivity contribution in [2.24, 2.45) is 5.92 Å². The number of oxazole rings is 1. The Hall–Kier alpha value is -0.870. The van der Waals surface area contributed by atoms with Gasteiger partial charge in [0.2, 0.25) is 0 Å². The SMILES string of the molecule is CNCCCc1coc(CC2CCCN(C)C2)n1. The summed E-state index contributed by atoms with van der Waals surface area (Å²) in [7, 11) is 4.18. The molecule has 0 bridgehead atoms. The number of piperidine rings is 1. The number of nitrogens with zero attached hydrogens (tertiary/aromatic N) is 2. The largest absolute Gasteiger partial charge is 0.449 e. The van der Waals surface area contributed by atoms with Crippen LogP contribution in [0, 0.1) is 5.92 Å². The van der Waals surface area contributed by atoms with E-state index >= 15 is 0 Å². The van der Waals surface area contributed by atoms with E-state index in [4.69, 9.17) is 4.42 Å². The lowest BCUT2D eigenvalue weighted by molar-refractivity contribution is 0.202. The van der Waals surface area contributed by atoms with E-state index in [0.717, 1.165) is 37.4 Å². The topological polar surface area (TPSA) is 41.3 Å². The van der Waals surface area contributed by atoms with Crippen LogP contribution in [-0.4, -0.2) is 43.6 Å². The summed E-state index contributed by atoms with van der Waals surface area (Å²) >= 11 is 0. The number of likely N-dealkylation sites (tertiary alicyclic amines) is 1. The van der Waals surface area contributed by atoms with Crippen LogP contribution in [0.5, 0.6) is 0 Å². The molecule has 1 aromatic rings. The minimum absolute atomic E-state index is 0.715.